The molecule has 0 unspecified atom stereocenters. The van der Waals surface area contributed by atoms with Crippen LogP contribution in [0.25, 0.3) is 22.3 Å². The zero-order chi connectivity index (χ0) is 41.2. The maximum atomic E-state index is 13.5. The Labute approximate surface area is 317 Å². The van der Waals surface area contributed by atoms with Crippen molar-refractivity contribution >= 4 is 58.0 Å². The zero-order valence-electron chi connectivity index (χ0n) is 28.9. The molecule has 4 aromatic rings. The molecule has 0 aliphatic heterocycles. The average Bonchev–Trinajstić information content (AvgIpc) is 3.11. The standard InChI is InChI=1S/C34H28Cl2F6N6O7/c1-5-45(31(49)43-3)27-21(19-9-7-17(15-23(19)35)33(37,38)39)11-13-25(29(27)47(51)52)55-26-14-12-22(20-10-8-18(16-24(20)36)34(40,41)42)28(30(26)48(53)54)46(6-2)32(50)44-4/h7-16H,5-6H2,1-4H3,(H,43,49)(H,44,50). The minimum Gasteiger partial charge on any atom is -0.443 e. The first-order valence-corrected chi connectivity index (χ1v) is 16.5. The molecule has 0 fully saturated rings. The molecule has 0 spiro atoms. The van der Waals surface area contributed by atoms with Gasteiger partial charge in [-0.2, -0.15) is 26.3 Å². The van der Waals surface area contributed by atoms with E-state index in [1.54, 1.807) is 0 Å². The molecule has 4 amide bonds. The Balaban J connectivity index is 2.08. The summed E-state index contributed by atoms with van der Waals surface area (Å²) >= 11 is 12.5. The molecular weight excluding hydrogens is 789 g/mol. The Bertz CT molecular complexity index is 2030. The normalized spacial score (nSPS) is 11.5. The molecule has 4 rings (SSSR count). The summed E-state index contributed by atoms with van der Waals surface area (Å²) in [6, 6.07) is 6.88. The number of halogens is 8. The Morgan fingerprint density at radius 3 is 1.24 bits per heavy atom. The highest BCUT2D eigenvalue weighted by molar-refractivity contribution is 6.34. The monoisotopic (exact) mass is 816 g/mol. The number of urea groups is 2. The van der Waals surface area contributed by atoms with E-state index in [4.69, 9.17) is 27.9 Å². The first-order valence-electron chi connectivity index (χ1n) is 15.7. The molecule has 0 aliphatic rings. The van der Waals surface area contributed by atoms with Gasteiger partial charge in [0.1, 0.15) is 11.4 Å². The van der Waals surface area contributed by atoms with Crippen LogP contribution in [0.4, 0.5) is 58.7 Å². The lowest BCUT2D eigenvalue weighted by Crippen LogP contribution is -2.38. The van der Waals surface area contributed by atoms with E-state index in [0.717, 1.165) is 46.2 Å². The number of nitro benzene ring substituents is 2. The van der Waals surface area contributed by atoms with Gasteiger partial charge < -0.3 is 15.4 Å². The molecule has 55 heavy (non-hydrogen) atoms. The van der Waals surface area contributed by atoms with Crippen molar-refractivity contribution in [3.8, 4) is 33.8 Å². The number of hydrogen-bond acceptors (Lipinski definition) is 7. The lowest BCUT2D eigenvalue weighted by atomic mass is 9.98. The van der Waals surface area contributed by atoms with Crippen LogP contribution in [0.2, 0.25) is 10.0 Å². The number of ether oxygens (including phenoxy) is 1. The van der Waals surface area contributed by atoms with E-state index in [0.29, 0.717) is 24.3 Å². The fourth-order valence-corrected chi connectivity index (χ4v) is 6.20. The third kappa shape index (κ3) is 8.46. The summed E-state index contributed by atoms with van der Waals surface area (Å²) in [5.41, 5.74) is -5.91. The van der Waals surface area contributed by atoms with Crippen molar-refractivity contribution in [3.05, 3.63) is 102 Å². The highest BCUT2D eigenvalue weighted by Crippen LogP contribution is 2.52. The van der Waals surface area contributed by atoms with Gasteiger partial charge in [-0.3, -0.25) is 30.0 Å². The van der Waals surface area contributed by atoms with Gasteiger partial charge in [0.2, 0.25) is 11.5 Å². The average molecular weight is 818 g/mol. The third-order valence-corrected chi connectivity index (χ3v) is 8.70. The predicted molar refractivity (Wildman–Crippen MR) is 192 cm³/mol. The van der Waals surface area contributed by atoms with E-state index in [1.165, 1.54) is 27.9 Å². The van der Waals surface area contributed by atoms with Crippen LogP contribution in [-0.2, 0) is 12.4 Å². The van der Waals surface area contributed by atoms with E-state index in [1.807, 2.05) is 0 Å². The lowest BCUT2D eigenvalue weighted by molar-refractivity contribution is -0.386. The predicted octanol–water partition coefficient (Wildman–Crippen LogP) is 10.3. The number of nitrogens with zero attached hydrogens (tertiary/aromatic N) is 4. The van der Waals surface area contributed by atoms with Crippen molar-refractivity contribution in [3.63, 3.8) is 0 Å². The quantitative estimate of drug-likeness (QED) is 0.0915. The van der Waals surface area contributed by atoms with Crippen molar-refractivity contribution in [2.24, 2.45) is 0 Å². The molecule has 0 saturated carbocycles. The molecule has 0 radical (unpaired) electrons. The van der Waals surface area contributed by atoms with E-state index in [-0.39, 0.29) is 35.3 Å². The van der Waals surface area contributed by atoms with Gasteiger partial charge in [0, 0.05) is 59.5 Å². The molecule has 2 N–H and O–H groups in total. The van der Waals surface area contributed by atoms with Crippen LogP contribution in [0.15, 0.2) is 60.7 Å². The largest absolute Gasteiger partial charge is 0.443 e. The number of carbonyl (C=O) groups is 2. The van der Waals surface area contributed by atoms with Gasteiger partial charge in [0.25, 0.3) is 0 Å². The molecule has 0 bridgehead atoms. The Morgan fingerprint density at radius 2 is 0.982 bits per heavy atom. The van der Waals surface area contributed by atoms with Gasteiger partial charge in [-0.1, -0.05) is 35.3 Å². The maximum absolute atomic E-state index is 13.5. The number of benzene rings is 4. The molecule has 0 saturated heterocycles. The van der Waals surface area contributed by atoms with Crippen LogP contribution in [0, 0.1) is 20.2 Å². The van der Waals surface area contributed by atoms with E-state index in [2.05, 4.69) is 10.6 Å². The highest BCUT2D eigenvalue weighted by atomic mass is 35.5. The first kappa shape index (κ1) is 41.9. The second kappa shape index (κ2) is 16.3. The molecule has 0 heterocycles. The molecule has 0 aliphatic carbocycles. The van der Waals surface area contributed by atoms with Crippen LogP contribution in [-0.4, -0.2) is 49.1 Å². The fraction of sp³-hybridized carbons (Fsp3) is 0.235. The number of nitrogens with one attached hydrogen (secondary N) is 2. The second-order valence-electron chi connectivity index (χ2n) is 11.2. The van der Waals surface area contributed by atoms with Crippen LogP contribution >= 0.6 is 23.2 Å². The molecule has 292 valence electrons. The smallest absolute Gasteiger partial charge is 0.416 e. The van der Waals surface area contributed by atoms with Crippen molar-refractivity contribution in [2.45, 2.75) is 26.2 Å². The SMILES string of the molecule is CCN(C(=O)NC)c1c(-c2ccc(C(F)(F)F)cc2Cl)ccc(Oc2ccc(-c3ccc(C(F)(F)F)cc3Cl)c(N(CC)C(=O)NC)c2[N+](=O)[O-])c1[N+](=O)[O-]. The van der Waals surface area contributed by atoms with Crippen LogP contribution in [0.5, 0.6) is 11.5 Å². The third-order valence-electron chi connectivity index (χ3n) is 8.08. The van der Waals surface area contributed by atoms with Gasteiger partial charge in [-0.15, -0.1) is 0 Å². The Hall–Kier alpha value is -5.82. The first-order chi connectivity index (χ1) is 25.7. The molecular formula is C34H28Cl2F6N6O7. The molecule has 0 aromatic heterocycles. The van der Waals surface area contributed by atoms with Gasteiger partial charge >= 0.3 is 35.8 Å². The lowest BCUT2D eigenvalue weighted by Gasteiger charge is -2.26. The van der Waals surface area contributed by atoms with Crippen LogP contribution in [0.3, 0.4) is 0 Å². The van der Waals surface area contributed by atoms with Crippen molar-refractivity contribution in [1.29, 1.82) is 0 Å². The van der Waals surface area contributed by atoms with Gasteiger partial charge in [-0.05, 0) is 62.4 Å². The number of amides is 4. The second-order valence-corrected chi connectivity index (χ2v) is 12.0. The number of carbonyl (C=O) groups excluding carboxylic acids is 2. The van der Waals surface area contributed by atoms with Gasteiger partial charge in [0.15, 0.2) is 0 Å². The minimum atomic E-state index is -4.79. The Morgan fingerprint density at radius 1 is 0.655 bits per heavy atom. The number of rotatable bonds is 10. The number of anilines is 2. The minimum absolute atomic E-state index is 0.156. The summed E-state index contributed by atoms with van der Waals surface area (Å²) in [5, 5.41) is 29.4. The topological polar surface area (TPSA) is 160 Å². The maximum Gasteiger partial charge on any atom is 0.416 e. The number of hydrogen-bond donors (Lipinski definition) is 2. The van der Waals surface area contributed by atoms with Crippen LogP contribution < -0.4 is 25.2 Å². The van der Waals surface area contributed by atoms with Gasteiger partial charge in [-0.25, -0.2) is 9.59 Å². The van der Waals surface area contributed by atoms with Crippen molar-refractivity contribution in [1.82, 2.24) is 10.6 Å². The van der Waals surface area contributed by atoms with E-state index < -0.39 is 89.7 Å². The van der Waals surface area contributed by atoms with Gasteiger partial charge in [0.05, 0.1) is 21.0 Å². The van der Waals surface area contributed by atoms with Crippen molar-refractivity contribution < 1.29 is 50.5 Å². The summed E-state index contributed by atoms with van der Waals surface area (Å²) in [6.45, 7) is 2.37. The summed E-state index contributed by atoms with van der Waals surface area (Å²) in [4.78, 5) is 51.6. The summed E-state index contributed by atoms with van der Waals surface area (Å²) < 4.78 is 86.6. The molecule has 4 aromatic carbocycles. The summed E-state index contributed by atoms with van der Waals surface area (Å²) in [6.07, 6.45) is -9.59. The van der Waals surface area contributed by atoms with E-state index >= 15 is 0 Å². The summed E-state index contributed by atoms with van der Waals surface area (Å²) in [7, 11) is 2.42. The molecule has 13 nitrogen and oxygen atoms in total. The Kier molecular flexibility index (Phi) is 12.4. The van der Waals surface area contributed by atoms with Crippen LogP contribution in [0.1, 0.15) is 25.0 Å². The number of nitro groups is 2. The highest BCUT2D eigenvalue weighted by Gasteiger charge is 2.38. The zero-order valence-corrected chi connectivity index (χ0v) is 30.4. The summed E-state index contributed by atoms with van der Waals surface area (Å²) in [5.74, 6) is -1.40. The van der Waals surface area contributed by atoms with Crippen molar-refractivity contribution in [2.75, 3.05) is 37.0 Å². The fourth-order valence-electron chi connectivity index (χ4n) is 5.64. The molecule has 21 heteroatoms. The number of alkyl halides is 6. The molecule has 0 atom stereocenters. The van der Waals surface area contributed by atoms with E-state index in [9.17, 15) is 56.2 Å².